The highest BCUT2D eigenvalue weighted by Gasteiger charge is 2.18. The lowest BCUT2D eigenvalue weighted by Crippen LogP contribution is -2.07. The van der Waals surface area contributed by atoms with Gasteiger partial charge in [0.05, 0.1) is 17.7 Å². The van der Waals surface area contributed by atoms with Gasteiger partial charge in [-0.3, -0.25) is 4.98 Å². The molecule has 0 radical (unpaired) electrons. The topological polar surface area (TPSA) is 76.1 Å². The summed E-state index contributed by atoms with van der Waals surface area (Å²) in [4.78, 5) is 8.76. The molecule has 0 bridgehead atoms. The summed E-state index contributed by atoms with van der Waals surface area (Å²) in [6, 6.07) is 17.7. The van der Waals surface area contributed by atoms with Crippen molar-refractivity contribution in [1.29, 1.82) is 0 Å². The van der Waals surface area contributed by atoms with Gasteiger partial charge in [-0.05, 0) is 30.7 Å². The van der Waals surface area contributed by atoms with E-state index in [0.717, 1.165) is 42.1 Å². The summed E-state index contributed by atoms with van der Waals surface area (Å²) in [5, 5.41) is 12.7. The Bertz CT molecular complexity index is 1010. The average molecular weight is 374 g/mol. The molecule has 0 atom stereocenters. The molecule has 0 saturated carbocycles. The number of anilines is 1. The zero-order valence-electron chi connectivity index (χ0n) is 15.5. The van der Waals surface area contributed by atoms with Crippen LogP contribution in [0, 0.1) is 0 Å². The second-order valence-corrected chi connectivity index (χ2v) is 6.45. The van der Waals surface area contributed by atoms with Gasteiger partial charge in [0.2, 0.25) is 0 Å². The fourth-order valence-corrected chi connectivity index (χ4v) is 3.16. The number of benzene rings is 1. The van der Waals surface area contributed by atoms with Gasteiger partial charge in [0.1, 0.15) is 18.1 Å². The van der Waals surface area contributed by atoms with E-state index in [-0.39, 0.29) is 6.61 Å². The predicted octanol–water partition coefficient (Wildman–Crippen LogP) is 4.20. The van der Waals surface area contributed by atoms with E-state index < -0.39 is 0 Å². The number of furan rings is 1. The van der Waals surface area contributed by atoms with Gasteiger partial charge in [0, 0.05) is 31.0 Å². The van der Waals surface area contributed by atoms with Gasteiger partial charge in [-0.15, -0.1) is 0 Å². The largest absolute Gasteiger partial charge is 0.457 e. The standard InChI is InChI=1S/C22H22N4O2/c27-15-19-9-10-20(28-19)22-21(17-6-2-1-3-7-17)25-16-26(22)13-5-12-24-18-8-4-11-23-14-18/h1-4,6-11,14,16,24,27H,5,12-13,15H2. The van der Waals surface area contributed by atoms with E-state index >= 15 is 0 Å². The van der Waals surface area contributed by atoms with Crippen LogP contribution in [0.4, 0.5) is 5.69 Å². The lowest BCUT2D eigenvalue weighted by atomic mass is 10.1. The van der Waals surface area contributed by atoms with Crippen LogP contribution in [0.25, 0.3) is 22.7 Å². The first kappa shape index (κ1) is 18.0. The summed E-state index contributed by atoms with van der Waals surface area (Å²) in [6.45, 7) is 1.49. The molecule has 0 aliphatic carbocycles. The molecule has 4 aromatic rings. The number of hydrogen-bond donors (Lipinski definition) is 2. The van der Waals surface area contributed by atoms with Crippen molar-refractivity contribution in [1.82, 2.24) is 14.5 Å². The minimum Gasteiger partial charge on any atom is -0.457 e. The van der Waals surface area contributed by atoms with Crippen molar-refractivity contribution >= 4 is 5.69 Å². The van der Waals surface area contributed by atoms with Crippen molar-refractivity contribution < 1.29 is 9.52 Å². The molecule has 0 aliphatic rings. The minimum absolute atomic E-state index is 0.121. The summed E-state index contributed by atoms with van der Waals surface area (Å²) in [5.74, 6) is 1.25. The SMILES string of the molecule is OCc1ccc(-c2c(-c3ccccc3)ncn2CCCNc2cccnc2)o1. The highest BCUT2D eigenvalue weighted by molar-refractivity contribution is 5.76. The number of hydrogen-bond acceptors (Lipinski definition) is 5. The zero-order valence-corrected chi connectivity index (χ0v) is 15.5. The number of aliphatic hydroxyl groups is 1. The van der Waals surface area contributed by atoms with Crippen molar-refractivity contribution in [2.75, 3.05) is 11.9 Å². The molecule has 3 heterocycles. The summed E-state index contributed by atoms with van der Waals surface area (Å²) in [7, 11) is 0. The lowest BCUT2D eigenvalue weighted by Gasteiger charge is -2.10. The molecule has 0 amide bonds. The summed E-state index contributed by atoms with van der Waals surface area (Å²) < 4.78 is 7.93. The van der Waals surface area contributed by atoms with Gasteiger partial charge in [0.15, 0.2) is 5.76 Å². The van der Waals surface area contributed by atoms with Crippen LogP contribution in [0.5, 0.6) is 0 Å². The third-order valence-electron chi connectivity index (χ3n) is 4.50. The van der Waals surface area contributed by atoms with Crippen molar-refractivity contribution in [3.05, 3.63) is 79.1 Å². The number of pyridine rings is 1. The van der Waals surface area contributed by atoms with Crippen molar-refractivity contribution in [3.63, 3.8) is 0 Å². The number of aromatic nitrogens is 3. The maximum atomic E-state index is 9.36. The monoisotopic (exact) mass is 374 g/mol. The normalized spacial score (nSPS) is 10.9. The van der Waals surface area contributed by atoms with Crippen LogP contribution in [-0.4, -0.2) is 26.2 Å². The third kappa shape index (κ3) is 3.97. The predicted molar refractivity (Wildman–Crippen MR) is 109 cm³/mol. The lowest BCUT2D eigenvalue weighted by molar-refractivity contribution is 0.248. The van der Waals surface area contributed by atoms with E-state index in [4.69, 9.17) is 4.42 Å². The third-order valence-corrected chi connectivity index (χ3v) is 4.50. The molecule has 0 fully saturated rings. The second-order valence-electron chi connectivity index (χ2n) is 6.45. The van der Waals surface area contributed by atoms with Crippen LogP contribution < -0.4 is 5.32 Å². The van der Waals surface area contributed by atoms with Gasteiger partial charge >= 0.3 is 0 Å². The van der Waals surface area contributed by atoms with Gasteiger partial charge in [-0.1, -0.05) is 30.3 Å². The summed E-state index contributed by atoms with van der Waals surface area (Å²) in [5.41, 5.74) is 3.84. The van der Waals surface area contributed by atoms with Gasteiger partial charge < -0.3 is 19.4 Å². The Hall–Kier alpha value is -3.38. The Morgan fingerprint density at radius 1 is 1.04 bits per heavy atom. The molecule has 6 heteroatoms. The fourth-order valence-electron chi connectivity index (χ4n) is 3.16. The molecule has 0 saturated heterocycles. The zero-order chi connectivity index (χ0) is 19.2. The Morgan fingerprint density at radius 3 is 2.68 bits per heavy atom. The first-order chi connectivity index (χ1) is 13.8. The van der Waals surface area contributed by atoms with E-state index in [0.29, 0.717) is 11.5 Å². The maximum absolute atomic E-state index is 9.36. The molecule has 4 rings (SSSR count). The van der Waals surface area contributed by atoms with Crippen LogP contribution in [0.2, 0.25) is 0 Å². The maximum Gasteiger partial charge on any atom is 0.153 e. The average Bonchev–Trinajstić information content (AvgIpc) is 3.39. The summed E-state index contributed by atoms with van der Waals surface area (Å²) in [6.07, 6.45) is 6.34. The number of nitrogens with zero attached hydrogens (tertiary/aromatic N) is 3. The molecule has 6 nitrogen and oxygen atoms in total. The number of nitrogens with one attached hydrogen (secondary N) is 1. The second kappa shape index (κ2) is 8.54. The van der Waals surface area contributed by atoms with Crippen molar-refractivity contribution in [2.45, 2.75) is 19.6 Å². The minimum atomic E-state index is -0.121. The van der Waals surface area contributed by atoms with Gasteiger partial charge in [-0.25, -0.2) is 4.98 Å². The molecule has 3 aromatic heterocycles. The van der Waals surface area contributed by atoms with Crippen LogP contribution in [0.3, 0.4) is 0 Å². The number of aliphatic hydroxyl groups excluding tert-OH is 1. The molecule has 0 aliphatic heterocycles. The molecule has 28 heavy (non-hydrogen) atoms. The van der Waals surface area contributed by atoms with E-state index in [1.165, 1.54) is 0 Å². The van der Waals surface area contributed by atoms with E-state index in [2.05, 4.69) is 19.9 Å². The molecular formula is C22H22N4O2. The number of imidazole rings is 1. The van der Waals surface area contributed by atoms with E-state index in [1.807, 2.05) is 61.1 Å². The molecule has 1 aromatic carbocycles. The summed E-state index contributed by atoms with van der Waals surface area (Å²) >= 11 is 0. The molecule has 2 N–H and O–H groups in total. The Kier molecular flexibility index (Phi) is 5.49. The van der Waals surface area contributed by atoms with E-state index in [1.54, 1.807) is 12.3 Å². The van der Waals surface area contributed by atoms with Crippen LogP contribution in [0.1, 0.15) is 12.2 Å². The molecule has 0 spiro atoms. The van der Waals surface area contributed by atoms with E-state index in [9.17, 15) is 5.11 Å². The highest BCUT2D eigenvalue weighted by Crippen LogP contribution is 2.32. The van der Waals surface area contributed by atoms with Crippen LogP contribution in [0.15, 0.2) is 77.7 Å². The quantitative estimate of drug-likeness (QED) is 0.452. The van der Waals surface area contributed by atoms with Crippen LogP contribution in [-0.2, 0) is 13.2 Å². The van der Waals surface area contributed by atoms with Crippen LogP contribution >= 0.6 is 0 Å². The fraction of sp³-hybridized carbons (Fsp3) is 0.182. The molecule has 142 valence electrons. The first-order valence-corrected chi connectivity index (χ1v) is 9.29. The highest BCUT2D eigenvalue weighted by atomic mass is 16.4. The Labute approximate surface area is 163 Å². The van der Waals surface area contributed by atoms with Crippen molar-refractivity contribution in [2.24, 2.45) is 0 Å². The van der Waals surface area contributed by atoms with Crippen molar-refractivity contribution in [3.8, 4) is 22.7 Å². The first-order valence-electron chi connectivity index (χ1n) is 9.29. The van der Waals surface area contributed by atoms with Gasteiger partial charge in [-0.2, -0.15) is 0 Å². The number of rotatable bonds is 8. The van der Waals surface area contributed by atoms with Gasteiger partial charge in [0.25, 0.3) is 0 Å². The molecular weight excluding hydrogens is 352 g/mol. The Balaban J connectivity index is 1.55. The number of aryl methyl sites for hydroxylation is 1. The molecule has 0 unspecified atom stereocenters. The Morgan fingerprint density at radius 2 is 1.93 bits per heavy atom. The smallest absolute Gasteiger partial charge is 0.153 e.